The van der Waals surface area contributed by atoms with Crippen molar-refractivity contribution in [3.05, 3.63) is 0 Å². The summed E-state index contributed by atoms with van der Waals surface area (Å²) in [5.74, 6) is -0.0593. The van der Waals surface area contributed by atoms with Crippen LogP contribution in [0, 0.1) is 34.5 Å². The molecule has 174 valence electrons. The Hall–Kier alpha value is -1.43. The summed E-state index contributed by atoms with van der Waals surface area (Å²) in [5.41, 5.74) is -2.05. The van der Waals surface area contributed by atoms with Crippen LogP contribution in [0.4, 0.5) is 0 Å². The number of esters is 2. The predicted octanol–water partition coefficient (Wildman–Crippen LogP) is 3.82. The van der Waals surface area contributed by atoms with Crippen LogP contribution in [-0.2, 0) is 23.9 Å². The fourth-order valence-electron chi connectivity index (χ4n) is 8.48. The molecule has 0 amide bonds. The molecule has 0 aromatic rings. The van der Waals surface area contributed by atoms with Crippen molar-refractivity contribution in [2.45, 2.75) is 104 Å². The molecule has 4 aliphatic carbocycles. The van der Waals surface area contributed by atoms with Gasteiger partial charge >= 0.3 is 11.9 Å². The van der Waals surface area contributed by atoms with E-state index in [1.54, 1.807) is 0 Å². The molecule has 0 heterocycles. The number of hydrogen-bond acceptors (Lipinski definition) is 6. The molecule has 1 N–H and O–H groups in total. The maximum absolute atomic E-state index is 13.8. The normalized spacial score (nSPS) is 47.5. The van der Waals surface area contributed by atoms with E-state index < -0.39 is 11.0 Å². The summed E-state index contributed by atoms with van der Waals surface area (Å²) in [5, 5.41) is 12.2. The van der Waals surface area contributed by atoms with Crippen LogP contribution >= 0.6 is 0 Å². The van der Waals surface area contributed by atoms with Gasteiger partial charge in [-0.1, -0.05) is 13.8 Å². The third-order valence-corrected chi connectivity index (χ3v) is 9.85. The molecule has 0 unspecified atom stereocenters. The Balaban J connectivity index is 1.62. The van der Waals surface area contributed by atoms with Gasteiger partial charge in [0.1, 0.15) is 17.8 Å². The number of fused-ring (bicyclic) bond motifs is 5. The molecule has 9 atom stereocenters. The van der Waals surface area contributed by atoms with Crippen LogP contribution in [0.1, 0.15) is 86.0 Å². The summed E-state index contributed by atoms with van der Waals surface area (Å²) in [6.07, 6.45) is 5.79. The second-order valence-electron chi connectivity index (χ2n) is 11.3. The molecule has 4 saturated carbocycles. The lowest BCUT2D eigenvalue weighted by Gasteiger charge is -2.64. The Morgan fingerprint density at radius 3 is 2.35 bits per heavy atom. The Morgan fingerprint density at radius 2 is 1.71 bits per heavy atom. The molecule has 0 saturated heterocycles. The molecule has 0 aromatic heterocycles. The first kappa shape index (κ1) is 22.8. The van der Waals surface area contributed by atoms with Crippen LogP contribution < -0.4 is 0 Å². The second kappa shape index (κ2) is 7.57. The number of Topliss-reactive ketones (excluding diaryl/α,β-unsaturated/α-hetero) is 1. The number of carbonyl (C=O) groups excluding carboxylic acids is 3. The van der Waals surface area contributed by atoms with Crippen molar-refractivity contribution in [1.29, 1.82) is 0 Å². The standard InChI is InChI=1S/C25H38O6/c1-14(30-15(2)26)19-8-9-20-21-7-6-17-12-18(31-16(3)27)10-11-24(17,5)25(21,29)22(28)13-23(19,20)4/h14,17-21,29H,6-13H2,1-5H3/t14-,17+,18-,19-,20+,21-,23+,24-,25+/m1/s1. The van der Waals surface area contributed by atoms with Crippen molar-refractivity contribution in [3.63, 3.8) is 0 Å². The highest BCUT2D eigenvalue weighted by atomic mass is 16.5. The average molecular weight is 435 g/mol. The third-order valence-electron chi connectivity index (χ3n) is 9.85. The van der Waals surface area contributed by atoms with Gasteiger partial charge in [-0.2, -0.15) is 0 Å². The van der Waals surface area contributed by atoms with Crippen LogP contribution in [0.15, 0.2) is 0 Å². The predicted molar refractivity (Wildman–Crippen MR) is 114 cm³/mol. The average Bonchev–Trinajstić information content (AvgIpc) is 2.99. The van der Waals surface area contributed by atoms with Gasteiger partial charge in [0.15, 0.2) is 5.78 Å². The molecule has 0 radical (unpaired) electrons. The molecular weight excluding hydrogens is 396 g/mol. The SMILES string of the molecule is CC(=O)O[C@@H]1CC[C@]2(C)[C@@H](CC[C@@H]3[C@@H]4CC[C@H]([C@@H](C)OC(C)=O)[C@]4(C)CC(=O)[C@@]32O)C1. The van der Waals surface area contributed by atoms with Crippen LogP contribution in [0.5, 0.6) is 0 Å². The van der Waals surface area contributed by atoms with Gasteiger partial charge in [0.05, 0.1) is 0 Å². The quantitative estimate of drug-likeness (QED) is 0.679. The Kier molecular flexibility index (Phi) is 5.55. The molecule has 0 bridgehead atoms. The second-order valence-corrected chi connectivity index (χ2v) is 11.3. The largest absolute Gasteiger partial charge is 0.463 e. The molecule has 4 aliphatic rings. The fraction of sp³-hybridized carbons (Fsp3) is 0.880. The van der Waals surface area contributed by atoms with E-state index in [9.17, 15) is 19.5 Å². The van der Waals surface area contributed by atoms with Crippen molar-refractivity contribution in [2.75, 3.05) is 0 Å². The van der Waals surface area contributed by atoms with Crippen LogP contribution in [0.3, 0.4) is 0 Å². The van der Waals surface area contributed by atoms with Gasteiger partial charge in [-0.05, 0) is 75.0 Å². The lowest BCUT2D eigenvalue weighted by molar-refractivity contribution is -0.231. The zero-order valence-electron chi connectivity index (χ0n) is 19.6. The fourth-order valence-corrected chi connectivity index (χ4v) is 8.48. The minimum absolute atomic E-state index is 0.0312. The molecular formula is C25H38O6. The minimum atomic E-state index is -1.32. The van der Waals surface area contributed by atoms with E-state index in [1.165, 1.54) is 13.8 Å². The van der Waals surface area contributed by atoms with E-state index in [4.69, 9.17) is 9.47 Å². The maximum Gasteiger partial charge on any atom is 0.302 e. The smallest absolute Gasteiger partial charge is 0.302 e. The van der Waals surface area contributed by atoms with Crippen molar-refractivity contribution >= 4 is 17.7 Å². The Morgan fingerprint density at radius 1 is 1.03 bits per heavy atom. The van der Waals surface area contributed by atoms with Gasteiger partial charge in [0, 0.05) is 31.6 Å². The first-order valence-electron chi connectivity index (χ1n) is 12.0. The molecule has 31 heavy (non-hydrogen) atoms. The van der Waals surface area contributed by atoms with Gasteiger partial charge in [0.2, 0.25) is 0 Å². The number of aliphatic hydroxyl groups is 1. The number of ketones is 1. The zero-order chi connectivity index (χ0) is 22.8. The lowest BCUT2D eigenvalue weighted by atomic mass is 9.42. The summed E-state index contributed by atoms with van der Waals surface area (Å²) in [4.78, 5) is 36.8. The van der Waals surface area contributed by atoms with Crippen molar-refractivity contribution in [3.8, 4) is 0 Å². The van der Waals surface area contributed by atoms with E-state index in [1.807, 2.05) is 6.92 Å². The molecule has 6 nitrogen and oxygen atoms in total. The third kappa shape index (κ3) is 3.27. The molecule has 0 aliphatic heterocycles. The monoisotopic (exact) mass is 434 g/mol. The number of ether oxygens (including phenoxy) is 2. The molecule has 0 aromatic carbocycles. The number of rotatable bonds is 3. The van der Waals surface area contributed by atoms with Gasteiger partial charge < -0.3 is 14.6 Å². The first-order valence-corrected chi connectivity index (χ1v) is 12.0. The topological polar surface area (TPSA) is 89.9 Å². The van der Waals surface area contributed by atoms with E-state index in [0.29, 0.717) is 19.3 Å². The minimum Gasteiger partial charge on any atom is -0.463 e. The lowest BCUT2D eigenvalue weighted by Crippen LogP contribution is -2.70. The van der Waals surface area contributed by atoms with Crippen molar-refractivity contribution in [1.82, 2.24) is 0 Å². The highest BCUT2D eigenvalue weighted by Gasteiger charge is 2.71. The van der Waals surface area contributed by atoms with E-state index >= 15 is 0 Å². The van der Waals surface area contributed by atoms with Crippen LogP contribution in [-0.4, -0.2) is 40.6 Å². The summed E-state index contributed by atoms with van der Waals surface area (Å²) in [6.45, 7) is 9.10. The number of hydrogen-bond donors (Lipinski definition) is 1. The summed E-state index contributed by atoms with van der Waals surface area (Å²) in [7, 11) is 0. The highest BCUT2D eigenvalue weighted by Crippen LogP contribution is 2.68. The van der Waals surface area contributed by atoms with Crippen LogP contribution in [0.25, 0.3) is 0 Å². The summed E-state index contributed by atoms with van der Waals surface area (Å²) >= 11 is 0. The van der Waals surface area contributed by atoms with E-state index in [2.05, 4.69) is 13.8 Å². The maximum atomic E-state index is 13.8. The van der Waals surface area contributed by atoms with Crippen LogP contribution in [0.2, 0.25) is 0 Å². The van der Waals surface area contributed by atoms with Crippen molar-refractivity contribution in [2.24, 2.45) is 34.5 Å². The Bertz CT molecular complexity index is 778. The number of carbonyl (C=O) groups is 3. The van der Waals surface area contributed by atoms with E-state index in [0.717, 1.165) is 32.1 Å². The van der Waals surface area contributed by atoms with Crippen molar-refractivity contribution < 1.29 is 29.0 Å². The molecule has 6 heteroatoms. The molecule has 4 fully saturated rings. The Labute approximate surface area is 185 Å². The molecule has 4 rings (SSSR count). The van der Waals surface area contributed by atoms with Gasteiger partial charge in [-0.3, -0.25) is 14.4 Å². The summed E-state index contributed by atoms with van der Waals surface area (Å²) in [6, 6.07) is 0. The molecule has 0 spiro atoms. The van der Waals surface area contributed by atoms with Gasteiger partial charge in [0.25, 0.3) is 0 Å². The van der Waals surface area contributed by atoms with Gasteiger partial charge in [-0.25, -0.2) is 0 Å². The first-order chi connectivity index (χ1) is 14.4. The van der Waals surface area contributed by atoms with Gasteiger partial charge in [-0.15, -0.1) is 0 Å². The zero-order valence-corrected chi connectivity index (χ0v) is 19.6. The summed E-state index contributed by atoms with van der Waals surface area (Å²) < 4.78 is 11.0. The van der Waals surface area contributed by atoms with E-state index in [-0.39, 0.29) is 59.0 Å². The highest BCUT2D eigenvalue weighted by molar-refractivity contribution is 5.90.